The van der Waals surface area contributed by atoms with E-state index in [1.807, 2.05) is 0 Å². The van der Waals surface area contributed by atoms with Crippen molar-refractivity contribution in [3.63, 3.8) is 0 Å². The molecule has 4 heteroatoms. The molecule has 0 aromatic rings. The zero-order valence-electron chi connectivity index (χ0n) is 21.0. The molecule has 1 aliphatic carbocycles. The van der Waals surface area contributed by atoms with Crippen molar-refractivity contribution in [2.45, 2.75) is 107 Å². The van der Waals surface area contributed by atoms with Crippen LogP contribution in [0.4, 0.5) is 0 Å². The Morgan fingerprint density at radius 3 is 1.30 bits per heavy atom. The summed E-state index contributed by atoms with van der Waals surface area (Å²) in [6, 6.07) is 0. The predicted molar refractivity (Wildman–Crippen MR) is 123 cm³/mol. The molecule has 0 aromatic carbocycles. The summed E-state index contributed by atoms with van der Waals surface area (Å²) in [5, 5.41) is 0. The number of esters is 2. The smallest absolute Gasteiger partial charge is 0.308 e. The topological polar surface area (TPSA) is 52.6 Å². The van der Waals surface area contributed by atoms with Gasteiger partial charge in [0.25, 0.3) is 0 Å². The molecule has 1 rings (SSSR count). The molecule has 0 radical (unpaired) electrons. The van der Waals surface area contributed by atoms with Crippen LogP contribution in [-0.2, 0) is 19.1 Å². The van der Waals surface area contributed by atoms with Gasteiger partial charge in [0.2, 0.25) is 0 Å². The van der Waals surface area contributed by atoms with Crippen molar-refractivity contribution in [3.8, 4) is 0 Å². The van der Waals surface area contributed by atoms with E-state index in [0.29, 0.717) is 25.0 Å². The first-order chi connectivity index (χ1) is 13.9. The molecule has 0 N–H and O–H groups in total. The molecule has 0 amide bonds. The van der Waals surface area contributed by atoms with Crippen LogP contribution >= 0.6 is 0 Å². The molecule has 1 saturated carbocycles. The van der Waals surface area contributed by atoms with Gasteiger partial charge in [0.05, 0.1) is 25.0 Å². The Hall–Kier alpha value is -1.06. The Morgan fingerprint density at radius 1 is 0.733 bits per heavy atom. The lowest BCUT2D eigenvalue weighted by Gasteiger charge is -2.31. The molecule has 2 atom stereocenters. The second-order valence-electron chi connectivity index (χ2n) is 10.9. The third kappa shape index (κ3) is 8.23. The maximum atomic E-state index is 12.4. The van der Waals surface area contributed by atoms with Crippen LogP contribution in [0.25, 0.3) is 0 Å². The number of hydrogen-bond donors (Lipinski definition) is 0. The Balaban J connectivity index is 2.28. The molecule has 0 bridgehead atoms. The van der Waals surface area contributed by atoms with Gasteiger partial charge in [-0.25, -0.2) is 0 Å². The van der Waals surface area contributed by atoms with E-state index in [1.165, 1.54) is 0 Å². The molecule has 0 spiro atoms. The SMILES string of the molecule is CCC(C)(C)C(C)CCOC(=O)C1CCC(C(=O)OCCC(C)C(C)(C)CC)CC1. The molecule has 176 valence electrons. The lowest BCUT2D eigenvalue weighted by Crippen LogP contribution is -2.29. The van der Waals surface area contributed by atoms with Crippen LogP contribution in [-0.4, -0.2) is 25.2 Å². The summed E-state index contributed by atoms with van der Waals surface area (Å²) in [7, 11) is 0. The zero-order valence-corrected chi connectivity index (χ0v) is 21.0. The summed E-state index contributed by atoms with van der Waals surface area (Å²) in [6.45, 7) is 19.0. The first-order valence-corrected chi connectivity index (χ1v) is 12.3. The molecule has 1 fully saturated rings. The normalized spacial score (nSPS) is 22.3. The van der Waals surface area contributed by atoms with E-state index in [9.17, 15) is 9.59 Å². The van der Waals surface area contributed by atoms with E-state index in [-0.39, 0.29) is 34.6 Å². The maximum absolute atomic E-state index is 12.4. The van der Waals surface area contributed by atoms with Crippen molar-refractivity contribution < 1.29 is 19.1 Å². The molecule has 0 aromatic heterocycles. The minimum absolute atomic E-state index is 0.0612. The largest absolute Gasteiger partial charge is 0.465 e. The molecule has 30 heavy (non-hydrogen) atoms. The molecule has 0 aliphatic heterocycles. The van der Waals surface area contributed by atoms with Crippen molar-refractivity contribution in [3.05, 3.63) is 0 Å². The summed E-state index contributed by atoms with van der Waals surface area (Å²) in [4.78, 5) is 24.8. The highest BCUT2D eigenvalue weighted by Crippen LogP contribution is 2.34. The highest BCUT2D eigenvalue weighted by Gasteiger charge is 2.32. The number of rotatable bonds is 12. The lowest BCUT2D eigenvalue weighted by atomic mass is 9.76. The van der Waals surface area contributed by atoms with Gasteiger partial charge in [0.1, 0.15) is 0 Å². The molecule has 1 aliphatic rings. The van der Waals surface area contributed by atoms with Gasteiger partial charge in [-0.2, -0.15) is 0 Å². The lowest BCUT2D eigenvalue weighted by molar-refractivity contribution is -0.155. The number of carbonyl (C=O) groups is 2. The summed E-state index contributed by atoms with van der Waals surface area (Å²) in [5.41, 5.74) is 0.545. The van der Waals surface area contributed by atoms with Crippen LogP contribution in [0.15, 0.2) is 0 Å². The van der Waals surface area contributed by atoms with Crippen LogP contribution in [0.2, 0.25) is 0 Å². The first kappa shape index (κ1) is 27.0. The third-order valence-corrected chi connectivity index (χ3v) is 8.47. The Morgan fingerprint density at radius 2 is 1.03 bits per heavy atom. The molecular weight excluding hydrogens is 376 g/mol. The molecule has 0 heterocycles. The summed E-state index contributed by atoms with van der Waals surface area (Å²) in [6.07, 6.45) is 6.97. The van der Waals surface area contributed by atoms with E-state index in [0.717, 1.165) is 51.4 Å². The summed E-state index contributed by atoms with van der Waals surface area (Å²) >= 11 is 0. The van der Waals surface area contributed by atoms with Gasteiger partial charge in [-0.1, -0.05) is 68.2 Å². The standard InChI is InChI=1S/C26H48O4/c1-9-25(5,6)19(3)15-17-29-23(27)21-11-13-22(14-12-21)24(28)30-18-16-20(4)26(7,8)10-2/h19-22H,9-18H2,1-8H3. The van der Waals surface area contributed by atoms with Crippen LogP contribution in [0, 0.1) is 34.5 Å². The quantitative estimate of drug-likeness (QED) is 0.323. The highest BCUT2D eigenvalue weighted by atomic mass is 16.5. The number of hydrogen-bond acceptors (Lipinski definition) is 4. The van der Waals surface area contributed by atoms with Crippen LogP contribution in [0.5, 0.6) is 0 Å². The predicted octanol–water partition coefficient (Wildman–Crippen LogP) is 6.80. The fraction of sp³-hybridized carbons (Fsp3) is 0.923. The van der Waals surface area contributed by atoms with Gasteiger partial charge in [0.15, 0.2) is 0 Å². The van der Waals surface area contributed by atoms with Crippen LogP contribution in [0.3, 0.4) is 0 Å². The van der Waals surface area contributed by atoms with E-state index in [1.54, 1.807) is 0 Å². The number of ether oxygens (including phenoxy) is 2. The van der Waals surface area contributed by atoms with E-state index >= 15 is 0 Å². The second kappa shape index (κ2) is 12.1. The highest BCUT2D eigenvalue weighted by molar-refractivity contribution is 5.75. The Kier molecular flexibility index (Phi) is 10.9. The van der Waals surface area contributed by atoms with E-state index < -0.39 is 0 Å². The molecule has 2 unspecified atom stereocenters. The van der Waals surface area contributed by atoms with Crippen LogP contribution in [0.1, 0.15) is 107 Å². The summed E-state index contributed by atoms with van der Waals surface area (Å²) in [5.74, 6) is 0.749. The van der Waals surface area contributed by atoms with Gasteiger partial charge in [-0.05, 0) is 61.2 Å². The minimum atomic E-state index is -0.0843. The Labute approximate surface area is 185 Å². The fourth-order valence-corrected chi connectivity index (χ4v) is 3.95. The van der Waals surface area contributed by atoms with Gasteiger partial charge in [-0.15, -0.1) is 0 Å². The van der Waals surface area contributed by atoms with E-state index in [2.05, 4.69) is 55.4 Å². The zero-order chi connectivity index (χ0) is 22.9. The van der Waals surface area contributed by atoms with Gasteiger partial charge in [-0.3, -0.25) is 9.59 Å². The van der Waals surface area contributed by atoms with Crippen LogP contribution < -0.4 is 0 Å². The third-order valence-electron chi connectivity index (χ3n) is 8.47. The molecule has 4 nitrogen and oxygen atoms in total. The van der Waals surface area contributed by atoms with Crippen molar-refractivity contribution in [1.29, 1.82) is 0 Å². The Bertz CT molecular complexity index is 481. The van der Waals surface area contributed by atoms with Gasteiger partial charge >= 0.3 is 11.9 Å². The van der Waals surface area contributed by atoms with Crippen molar-refractivity contribution >= 4 is 11.9 Å². The molecule has 0 saturated heterocycles. The van der Waals surface area contributed by atoms with Crippen molar-refractivity contribution in [2.24, 2.45) is 34.5 Å². The molecular formula is C26H48O4. The average molecular weight is 425 g/mol. The average Bonchev–Trinajstić information content (AvgIpc) is 2.73. The number of carbonyl (C=O) groups excluding carboxylic acids is 2. The van der Waals surface area contributed by atoms with Gasteiger partial charge < -0.3 is 9.47 Å². The maximum Gasteiger partial charge on any atom is 0.308 e. The van der Waals surface area contributed by atoms with E-state index in [4.69, 9.17) is 9.47 Å². The monoisotopic (exact) mass is 424 g/mol. The first-order valence-electron chi connectivity index (χ1n) is 12.3. The second-order valence-corrected chi connectivity index (χ2v) is 10.9. The van der Waals surface area contributed by atoms with Gasteiger partial charge in [0, 0.05) is 0 Å². The van der Waals surface area contributed by atoms with Crippen molar-refractivity contribution in [1.82, 2.24) is 0 Å². The fourth-order valence-electron chi connectivity index (χ4n) is 3.95. The summed E-state index contributed by atoms with van der Waals surface area (Å²) < 4.78 is 11.1. The van der Waals surface area contributed by atoms with Crippen molar-refractivity contribution in [2.75, 3.05) is 13.2 Å². The minimum Gasteiger partial charge on any atom is -0.465 e.